The second-order valence-electron chi connectivity index (χ2n) is 3.71. The Morgan fingerprint density at radius 3 is 3.00 bits per heavy atom. The van der Waals surface area contributed by atoms with Crippen LogP contribution in [0.4, 0.5) is 0 Å². The fourth-order valence-electron chi connectivity index (χ4n) is 1.43. The predicted octanol–water partition coefficient (Wildman–Crippen LogP) is 3.13. The molecule has 0 fully saturated rings. The number of para-hydroxylation sites is 1. The number of hydrogen-bond donors (Lipinski definition) is 1. The molecule has 1 aromatic heterocycles. The van der Waals surface area contributed by atoms with Gasteiger partial charge in [-0.2, -0.15) is 0 Å². The average Bonchev–Trinajstić information content (AvgIpc) is 2.87. The van der Waals surface area contributed by atoms with Gasteiger partial charge >= 0.3 is 0 Å². The summed E-state index contributed by atoms with van der Waals surface area (Å²) in [5.74, 6) is 0.446. The van der Waals surface area contributed by atoms with Crippen molar-refractivity contribution < 1.29 is 9.53 Å². The molecule has 0 atom stereocenters. The molecule has 1 N–H and O–H groups in total. The second kappa shape index (κ2) is 6.54. The Labute approximate surface area is 120 Å². The lowest BCUT2D eigenvalue weighted by molar-refractivity contribution is 0.0951. The lowest BCUT2D eigenvalue weighted by Crippen LogP contribution is -2.22. The summed E-state index contributed by atoms with van der Waals surface area (Å²) in [4.78, 5) is 15.8. The van der Waals surface area contributed by atoms with Gasteiger partial charge in [-0.1, -0.05) is 23.7 Å². The minimum Gasteiger partial charge on any atom is -0.485 e. The molecule has 1 aromatic carbocycles. The SMILES string of the molecule is CCNC(=O)c1csc(COc2ccccc2Cl)n1. The standard InChI is InChI=1S/C13H13ClN2O2S/c1-2-15-13(17)10-8-19-12(16-10)7-18-11-6-4-3-5-9(11)14/h3-6,8H,2,7H2,1H3,(H,15,17). The molecule has 0 saturated carbocycles. The molecule has 1 heterocycles. The van der Waals surface area contributed by atoms with E-state index in [9.17, 15) is 4.79 Å². The van der Waals surface area contributed by atoms with Crippen molar-refractivity contribution in [3.05, 3.63) is 45.4 Å². The topological polar surface area (TPSA) is 51.2 Å². The van der Waals surface area contributed by atoms with Gasteiger partial charge in [-0.25, -0.2) is 4.98 Å². The Bertz CT molecular complexity index is 571. The number of amides is 1. The quantitative estimate of drug-likeness (QED) is 0.922. The number of aromatic nitrogens is 1. The summed E-state index contributed by atoms with van der Waals surface area (Å²) in [6.07, 6.45) is 0. The highest BCUT2D eigenvalue weighted by Gasteiger charge is 2.10. The van der Waals surface area contributed by atoms with Gasteiger partial charge in [-0.05, 0) is 19.1 Å². The number of carbonyl (C=O) groups is 1. The third kappa shape index (κ3) is 3.68. The number of halogens is 1. The van der Waals surface area contributed by atoms with E-state index in [0.717, 1.165) is 5.01 Å². The molecule has 0 bridgehead atoms. The molecule has 0 saturated heterocycles. The van der Waals surface area contributed by atoms with E-state index in [-0.39, 0.29) is 5.91 Å². The monoisotopic (exact) mass is 296 g/mol. The lowest BCUT2D eigenvalue weighted by atomic mass is 10.3. The van der Waals surface area contributed by atoms with Crippen LogP contribution in [0, 0.1) is 0 Å². The van der Waals surface area contributed by atoms with E-state index in [2.05, 4.69) is 10.3 Å². The Morgan fingerprint density at radius 2 is 2.26 bits per heavy atom. The van der Waals surface area contributed by atoms with Crippen molar-refractivity contribution in [2.24, 2.45) is 0 Å². The van der Waals surface area contributed by atoms with Crippen molar-refractivity contribution >= 4 is 28.8 Å². The van der Waals surface area contributed by atoms with Crippen molar-refractivity contribution in [3.8, 4) is 5.75 Å². The van der Waals surface area contributed by atoms with E-state index < -0.39 is 0 Å². The van der Waals surface area contributed by atoms with Crippen LogP contribution in [0.2, 0.25) is 5.02 Å². The number of thiazole rings is 1. The van der Waals surface area contributed by atoms with Gasteiger partial charge in [-0.3, -0.25) is 4.79 Å². The molecular weight excluding hydrogens is 284 g/mol. The molecular formula is C13H13ClN2O2S. The maximum Gasteiger partial charge on any atom is 0.270 e. The van der Waals surface area contributed by atoms with Crippen LogP contribution in [0.25, 0.3) is 0 Å². The summed E-state index contributed by atoms with van der Waals surface area (Å²) >= 11 is 7.37. The fraction of sp³-hybridized carbons (Fsp3) is 0.231. The van der Waals surface area contributed by atoms with Gasteiger partial charge in [0.25, 0.3) is 5.91 Å². The fourth-order valence-corrected chi connectivity index (χ4v) is 2.31. The van der Waals surface area contributed by atoms with Gasteiger partial charge in [0.05, 0.1) is 5.02 Å². The Kier molecular flexibility index (Phi) is 4.76. The van der Waals surface area contributed by atoms with Gasteiger partial charge in [0.1, 0.15) is 23.1 Å². The molecule has 4 nitrogen and oxygen atoms in total. The Hall–Kier alpha value is -1.59. The smallest absolute Gasteiger partial charge is 0.270 e. The van der Waals surface area contributed by atoms with E-state index >= 15 is 0 Å². The molecule has 6 heteroatoms. The molecule has 2 aromatic rings. The van der Waals surface area contributed by atoms with Gasteiger partial charge in [-0.15, -0.1) is 11.3 Å². The molecule has 0 spiro atoms. The molecule has 1 amide bonds. The highest BCUT2D eigenvalue weighted by Crippen LogP contribution is 2.24. The van der Waals surface area contributed by atoms with Crippen molar-refractivity contribution in [1.29, 1.82) is 0 Å². The maximum absolute atomic E-state index is 11.6. The van der Waals surface area contributed by atoms with Crippen LogP contribution in [0.15, 0.2) is 29.6 Å². The molecule has 2 rings (SSSR count). The lowest BCUT2D eigenvalue weighted by Gasteiger charge is -2.05. The first-order valence-electron chi connectivity index (χ1n) is 5.80. The van der Waals surface area contributed by atoms with Gasteiger partial charge in [0.15, 0.2) is 0 Å². The zero-order valence-electron chi connectivity index (χ0n) is 10.4. The second-order valence-corrected chi connectivity index (χ2v) is 5.05. The number of rotatable bonds is 5. The highest BCUT2D eigenvalue weighted by atomic mass is 35.5. The van der Waals surface area contributed by atoms with Gasteiger partial charge in [0.2, 0.25) is 0 Å². The summed E-state index contributed by atoms with van der Waals surface area (Å²) in [7, 11) is 0. The van der Waals surface area contributed by atoms with Crippen LogP contribution in [-0.2, 0) is 6.61 Å². The predicted molar refractivity (Wildman–Crippen MR) is 75.9 cm³/mol. The first kappa shape index (κ1) is 13.8. The summed E-state index contributed by atoms with van der Waals surface area (Å²) < 4.78 is 5.56. The third-order valence-electron chi connectivity index (χ3n) is 2.31. The third-order valence-corrected chi connectivity index (χ3v) is 3.44. The number of nitrogens with zero attached hydrogens (tertiary/aromatic N) is 1. The van der Waals surface area contributed by atoms with E-state index in [1.54, 1.807) is 17.5 Å². The van der Waals surface area contributed by atoms with Crippen molar-refractivity contribution in [1.82, 2.24) is 10.3 Å². The van der Waals surface area contributed by atoms with Crippen LogP contribution >= 0.6 is 22.9 Å². The number of benzene rings is 1. The number of ether oxygens (including phenoxy) is 1. The Morgan fingerprint density at radius 1 is 1.47 bits per heavy atom. The van der Waals surface area contributed by atoms with Crippen LogP contribution < -0.4 is 10.1 Å². The minimum absolute atomic E-state index is 0.164. The van der Waals surface area contributed by atoms with Crippen molar-refractivity contribution in [3.63, 3.8) is 0 Å². The minimum atomic E-state index is -0.164. The van der Waals surface area contributed by atoms with Gasteiger partial charge < -0.3 is 10.1 Å². The van der Waals surface area contributed by atoms with E-state index in [0.29, 0.717) is 29.6 Å². The Balaban J connectivity index is 1.97. The van der Waals surface area contributed by atoms with Crippen molar-refractivity contribution in [2.45, 2.75) is 13.5 Å². The number of nitrogens with one attached hydrogen (secondary N) is 1. The summed E-state index contributed by atoms with van der Waals surface area (Å²) in [6.45, 7) is 2.75. The van der Waals surface area contributed by atoms with Crippen LogP contribution in [0.3, 0.4) is 0 Å². The molecule has 0 radical (unpaired) electrons. The van der Waals surface area contributed by atoms with Crippen molar-refractivity contribution in [2.75, 3.05) is 6.54 Å². The maximum atomic E-state index is 11.6. The van der Waals surface area contributed by atoms with Crippen LogP contribution in [0.1, 0.15) is 22.4 Å². The molecule has 0 aliphatic heterocycles. The van der Waals surface area contributed by atoms with E-state index in [1.807, 2.05) is 19.1 Å². The summed E-state index contributed by atoms with van der Waals surface area (Å²) in [5, 5.41) is 5.72. The zero-order chi connectivity index (χ0) is 13.7. The first-order chi connectivity index (χ1) is 9.20. The number of hydrogen-bond acceptors (Lipinski definition) is 4. The normalized spacial score (nSPS) is 10.2. The van der Waals surface area contributed by atoms with E-state index in [1.165, 1.54) is 11.3 Å². The molecule has 100 valence electrons. The average molecular weight is 297 g/mol. The number of carbonyl (C=O) groups excluding carboxylic acids is 1. The van der Waals surface area contributed by atoms with Gasteiger partial charge in [0, 0.05) is 11.9 Å². The highest BCUT2D eigenvalue weighted by molar-refractivity contribution is 7.09. The summed E-state index contributed by atoms with van der Waals surface area (Å²) in [6, 6.07) is 7.24. The van der Waals surface area contributed by atoms with Crippen LogP contribution in [-0.4, -0.2) is 17.4 Å². The first-order valence-corrected chi connectivity index (χ1v) is 7.06. The molecule has 0 unspecified atom stereocenters. The van der Waals surface area contributed by atoms with E-state index in [4.69, 9.17) is 16.3 Å². The summed E-state index contributed by atoms with van der Waals surface area (Å²) in [5.41, 5.74) is 0.421. The molecule has 0 aliphatic carbocycles. The van der Waals surface area contributed by atoms with Crippen LogP contribution in [0.5, 0.6) is 5.75 Å². The zero-order valence-corrected chi connectivity index (χ0v) is 11.9. The molecule has 0 aliphatic rings. The molecule has 19 heavy (non-hydrogen) atoms. The largest absolute Gasteiger partial charge is 0.485 e.